The molecule has 5 aromatic carbocycles. The minimum absolute atomic E-state index is 0.519. The van der Waals surface area contributed by atoms with E-state index in [0.717, 1.165) is 0 Å². The molecule has 0 saturated heterocycles. The van der Waals surface area contributed by atoms with Gasteiger partial charge in [0.25, 0.3) is 0 Å². The first kappa shape index (κ1) is 22.9. The number of hydrogen-bond donors (Lipinski definition) is 0. The number of hydrogen-bond acceptors (Lipinski definition) is 0. The van der Waals surface area contributed by atoms with E-state index >= 15 is 0 Å². The first-order chi connectivity index (χ1) is 16.8. The third-order valence-corrected chi connectivity index (χ3v) is 23.8. The maximum absolute atomic E-state index is 2.43. The fourth-order valence-corrected chi connectivity index (χ4v) is 25.3. The molecule has 0 spiro atoms. The highest BCUT2D eigenvalue weighted by Gasteiger charge is 2.36. The van der Waals surface area contributed by atoms with Crippen LogP contribution in [0.5, 0.6) is 0 Å². The summed E-state index contributed by atoms with van der Waals surface area (Å²) in [6, 6.07) is 54.6. The normalized spacial score (nSPS) is 11.3. The Labute approximate surface area is 207 Å². The minimum Gasteiger partial charge on any atom is -0.0622 e. The van der Waals surface area contributed by atoms with Gasteiger partial charge in [0.2, 0.25) is 0 Å². The SMILES string of the molecule is Cc1ccc([SiH](P(c2ccccc2)c2ccccc2)P(c2ccccc2)c2ccccc2)cc1. The molecule has 0 atom stereocenters. The van der Waals surface area contributed by atoms with Crippen molar-refractivity contribution in [1.82, 2.24) is 0 Å². The quantitative estimate of drug-likeness (QED) is 0.203. The highest BCUT2D eigenvalue weighted by Crippen LogP contribution is 2.52. The van der Waals surface area contributed by atoms with Crippen LogP contribution in [0.25, 0.3) is 0 Å². The molecule has 0 N–H and O–H groups in total. The average Bonchev–Trinajstić information content (AvgIpc) is 2.91. The van der Waals surface area contributed by atoms with E-state index in [9.17, 15) is 0 Å². The van der Waals surface area contributed by atoms with Gasteiger partial charge in [-0.05, 0) is 28.1 Å². The molecule has 0 radical (unpaired) electrons. The van der Waals surface area contributed by atoms with Gasteiger partial charge >= 0.3 is 0 Å². The lowest BCUT2D eigenvalue weighted by Gasteiger charge is -2.35. The topological polar surface area (TPSA) is 0 Å². The molecule has 5 aromatic rings. The van der Waals surface area contributed by atoms with Crippen LogP contribution in [0.3, 0.4) is 0 Å². The molecule has 0 aliphatic carbocycles. The van der Waals surface area contributed by atoms with E-state index in [0.29, 0.717) is 0 Å². The molecule has 166 valence electrons. The molecule has 0 fully saturated rings. The van der Waals surface area contributed by atoms with Crippen LogP contribution >= 0.6 is 14.9 Å². The predicted molar refractivity (Wildman–Crippen MR) is 156 cm³/mol. The van der Waals surface area contributed by atoms with E-state index in [1.54, 1.807) is 5.19 Å². The van der Waals surface area contributed by atoms with E-state index < -0.39 is 23.1 Å². The van der Waals surface area contributed by atoms with Gasteiger partial charge in [-0.2, -0.15) is 0 Å². The molecule has 0 aliphatic heterocycles. The van der Waals surface area contributed by atoms with Crippen LogP contribution in [-0.2, 0) is 0 Å². The molecule has 0 heterocycles. The molecule has 3 heteroatoms. The standard InChI is InChI=1S/C31H28P2Si/c1-26-22-24-31(25-23-26)34(32(27-14-6-2-7-15-27)28-16-8-3-9-17-28)33(29-18-10-4-11-19-29)30-20-12-5-13-21-30/h2-25,34H,1H3. The van der Waals surface area contributed by atoms with Crippen LogP contribution in [0.15, 0.2) is 146 Å². The van der Waals surface area contributed by atoms with Gasteiger partial charge in [0.1, 0.15) is 8.13 Å². The largest absolute Gasteiger partial charge is 0.142 e. The summed E-state index contributed by atoms with van der Waals surface area (Å²) in [7, 11) is -2.66. The van der Waals surface area contributed by atoms with Gasteiger partial charge < -0.3 is 0 Å². The van der Waals surface area contributed by atoms with E-state index in [4.69, 9.17) is 0 Å². The molecular weight excluding hydrogens is 462 g/mol. The Hall–Kier alpha value is -2.82. The fraction of sp³-hybridized carbons (Fsp3) is 0.0323. The van der Waals surface area contributed by atoms with Crippen molar-refractivity contribution in [2.75, 3.05) is 0 Å². The number of benzene rings is 5. The molecule has 0 unspecified atom stereocenters. The van der Waals surface area contributed by atoms with Gasteiger partial charge in [-0.25, -0.2) is 0 Å². The smallest absolute Gasteiger partial charge is 0.0622 e. The van der Waals surface area contributed by atoms with Gasteiger partial charge in [-0.3, -0.25) is 0 Å². The summed E-state index contributed by atoms with van der Waals surface area (Å²) >= 11 is 0. The molecule has 0 nitrogen and oxygen atoms in total. The van der Waals surface area contributed by atoms with Crippen LogP contribution < -0.4 is 26.4 Å². The zero-order chi connectivity index (χ0) is 23.2. The van der Waals surface area contributed by atoms with Crippen LogP contribution in [-0.4, -0.2) is 8.13 Å². The van der Waals surface area contributed by atoms with Crippen molar-refractivity contribution < 1.29 is 0 Å². The Balaban J connectivity index is 1.79. The van der Waals surface area contributed by atoms with Crippen molar-refractivity contribution in [2.45, 2.75) is 6.92 Å². The van der Waals surface area contributed by atoms with E-state index in [2.05, 4.69) is 153 Å². The van der Waals surface area contributed by atoms with Crippen LogP contribution in [0.1, 0.15) is 5.56 Å². The summed E-state index contributed by atoms with van der Waals surface area (Å²) in [4.78, 5) is 0. The lowest BCUT2D eigenvalue weighted by atomic mass is 10.2. The Morgan fingerprint density at radius 1 is 0.382 bits per heavy atom. The maximum atomic E-state index is 2.43. The third kappa shape index (κ3) is 5.13. The van der Waals surface area contributed by atoms with Gasteiger partial charge in [0.15, 0.2) is 0 Å². The van der Waals surface area contributed by atoms with Crippen molar-refractivity contribution in [3.8, 4) is 0 Å². The molecule has 0 bridgehead atoms. The second kappa shape index (κ2) is 11.1. The van der Waals surface area contributed by atoms with Gasteiger partial charge in [0, 0.05) is 0 Å². The van der Waals surface area contributed by atoms with Crippen LogP contribution in [0, 0.1) is 6.92 Å². The summed E-state index contributed by atoms with van der Waals surface area (Å²) in [6.45, 7) is 2.19. The number of aryl methyl sites for hydroxylation is 1. The van der Waals surface area contributed by atoms with Crippen molar-refractivity contribution in [3.05, 3.63) is 151 Å². The molecule has 34 heavy (non-hydrogen) atoms. The van der Waals surface area contributed by atoms with Crippen molar-refractivity contribution in [3.63, 3.8) is 0 Å². The van der Waals surface area contributed by atoms with Crippen molar-refractivity contribution in [2.24, 2.45) is 0 Å². The van der Waals surface area contributed by atoms with Gasteiger partial charge in [-0.15, -0.1) is 0 Å². The zero-order valence-electron chi connectivity index (χ0n) is 19.3. The second-order valence-corrected chi connectivity index (χ2v) is 20.7. The maximum Gasteiger partial charge on any atom is 0.142 e. The third-order valence-electron chi connectivity index (χ3n) is 6.00. The summed E-state index contributed by atoms with van der Waals surface area (Å²) in [5.41, 5.74) is 1.32. The number of rotatable bonds is 7. The van der Waals surface area contributed by atoms with E-state index in [1.165, 1.54) is 26.8 Å². The monoisotopic (exact) mass is 490 g/mol. The Kier molecular flexibility index (Phi) is 7.47. The first-order valence-corrected chi connectivity index (χ1v) is 18.2. The summed E-state index contributed by atoms with van der Waals surface area (Å²) in [5, 5.41) is 7.50. The predicted octanol–water partition coefficient (Wildman–Crippen LogP) is 5.69. The zero-order valence-corrected chi connectivity index (χ0v) is 22.3. The lowest BCUT2D eigenvalue weighted by Crippen LogP contribution is -2.39. The molecule has 0 amide bonds. The average molecular weight is 491 g/mol. The van der Waals surface area contributed by atoms with Crippen LogP contribution in [0.4, 0.5) is 0 Å². The second-order valence-electron chi connectivity index (χ2n) is 8.37. The summed E-state index contributed by atoms with van der Waals surface area (Å²) in [6.07, 6.45) is 0. The Morgan fingerprint density at radius 2 is 0.676 bits per heavy atom. The Morgan fingerprint density at radius 3 is 0.971 bits per heavy atom. The first-order valence-electron chi connectivity index (χ1n) is 11.7. The van der Waals surface area contributed by atoms with Crippen molar-refractivity contribution in [1.29, 1.82) is 0 Å². The summed E-state index contributed by atoms with van der Waals surface area (Å²) < 4.78 is 0. The van der Waals surface area contributed by atoms with E-state index in [-0.39, 0.29) is 0 Å². The molecule has 0 saturated carbocycles. The molecular formula is C31H28P2Si. The Bertz CT molecular complexity index is 1130. The molecule has 5 rings (SSSR count). The summed E-state index contributed by atoms with van der Waals surface area (Å²) in [5.74, 6) is 0. The fourth-order valence-electron chi connectivity index (χ4n) is 4.37. The minimum atomic E-state index is -1.62. The molecule has 0 aromatic heterocycles. The molecule has 0 aliphatic rings. The van der Waals surface area contributed by atoms with Gasteiger partial charge in [0.05, 0.1) is 0 Å². The highest BCUT2D eigenvalue weighted by molar-refractivity contribution is 8.30. The van der Waals surface area contributed by atoms with Crippen LogP contribution in [0.2, 0.25) is 0 Å². The highest BCUT2D eigenvalue weighted by atomic mass is 31.6. The van der Waals surface area contributed by atoms with Gasteiger partial charge in [-0.1, -0.05) is 171 Å². The lowest BCUT2D eigenvalue weighted by molar-refractivity contribution is 1.49. The van der Waals surface area contributed by atoms with E-state index in [1.807, 2.05) is 0 Å². The van der Waals surface area contributed by atoms with Crippen molar-refractivity contribution >= 4 is 49.5 Å².